The van der Waals surface area contributed by atoms with Gasteiger partial charge in [-0.25, -0.2) is 4.98 Å². The summed E-state index contributed by atoms with van der Waals surface area (Å²) in [6.07, 6.45) is 4.43. The first-order valence-corrected chi connectivity index (χ1v) is 7.37. The third kappa shape index (κ3) is 3.57. The molecular formula is C16H25N3. The van der Waals surface area contributed by atoms with Gasteiger partial charge in [-0.3, -0.25) is 0 Å². The average molecular weight is 259 g/mol. The number of benzene rings is 1. The molecule has 104 valence electrons. The van der Waals surface area contributed by atoms with E-state index in [1.165, 1.54) is 18.4 Å². The third-order valence-electron chi connectivity index (χ3n) is 3.82. The van der Waals surface area contributed by atoms with Crippen LogP contribution in [0, 0.1) is 5.92 Å². The van der Waals surface area contributed by atoms with Gasteiger partial charge in [0.2, 0.25) is 0 Å². The quantitative estimate of drug-likeness (QED) is 0.825. The van der Waals surface area contributed by atoms with Crippen LogP contribution >= 0.6 is 0 Å². The van der Waals surface area contributed by atoms with Crippen molar-refractivity contribution in [2.24, 2.45) is 5.92 Å². The van der Waals surface area contributed by atoms with Crippen LogP contribution in [0.4, 0.5) is 0 Å². The number of nitrogens with one attached hydrogen (secondary N) is 1. The molecule has 19 heavy (non-hydrogen) atoms. The van der Waals surface area contributed by atoms with E-state index >= 15 is 0 Å². The molecule has 0 fully saturated rings. The summed E-state index contributed by atoms with van der Waals surface area (Å²) < 4.78 is 2.27. The molecule has 3 heteroatoms. The number of likely N-dealkylation sites (N-methyl/N-ethyl adjacent to an activating group) is 1. The van der Waals surface area contributed by atoms with Crippen LogP contribution in [0.5, 0.6) is 0 Å². The summed E-state index contributed by atoms with van der Waals surface area (Å²) in [5.41, 5.74) is 2.32. The van der Waals surface area contributed by atoms with E-state index in [1.54, 1.807) is 0 Å². The fraction of sp³-hybridized carbons (Fsp3) is 0.562. The van der Waals surface area contributed by atoms with Crippen LogP contribution in [0.2, 0.25) is 0 Å². The zero-order valence-electron chi connectivity index (χ0n) is 12.3. The van der Waals surface area contributed by atoms with Crippen LogP contribution in [-0.2, 0) is 6.54 Å². The lowest BCUT2D eigenvalue weighted by molar-refractivity contribution is 0.367. The van der Waals surface area contributed by atoms with Gasteiger partial charge < -0.3 is 9.88 Å². The van der Waals surface area contributed by atoms with E-state index in [4.69, 9.17) is 0 Å². The lowest BCUT2D eigenvalue weighted by Gasteiger charge is -2.22. The molecule has 1 aromatic carbocycles. The van der Waals surface area contributed by atoms with Crippen LogP contribution in [-0.4, -0.2) is 22.1 Å². The molecule has 1 N–H and O–H groups in total. The van der Waals surface area contributed by atoms with Gasteiger partial charge >= 0.3 is 0 Å². The molecular weight excluding hydrogens is 234 g/mol. The Morgan fingerprint density at radius 3 is 2.79 bits per heavy atom. The maximum atomic E-state index is 4.47. The fourth-order valence-corrected chi connectivity index (χ4v) is 2.56. The Labute approximate surface area is 116 Å². The van der Waals surface area contributed by atoms with Crippen molar-refractivity contribution in [3.8, 4) is 0 Å². The van der Waals surface area contributed by atoms with Crippen molar-refractivity contribution in [1.29, 1.82) is 0 Å². The normalized spacial score (nSPS) is 14.7. The Kier molecular flexibility index (Phi) is 4.97. The molecule has 2 aromatic rings. The van der Waals surface area contributed by atoms with Gasteiger partial charge in [-0.05, 0) is 31.0 Å². The summed E-state index contributed by atoms with van der Waals surface area (Å²) in [5.74, 6) is 0.763. The summed E-state index contributed by atoms with van der Waals surface area (Å²) >= 11 is 0. The van der Waals surface area contributed by atoms with Gasteiger partial charge in [-0.15, -0.1) is 0 Å². The molecule has 1 heterocycles. The lowest BCUT2D eigenvalue weighted by atomic mass is 9.99. The molecule has 0 bridgehead atoms. The Morgan fingerprint density at radius 1 is 1.26 bits per heavy atom. The van der Waals surface area contributed by atoms with Crippen LogP contribution < -0.4 is 5.32 Å². The molecule has 2 rings (SSSR count). The zero-order chi connectivity index (χ0) is 13.7. The van der Waals surface area contributed by atoms with E-state index in [-0.39, 0.29) is 0 Å². The average Bonchev–Trinajstić information content (AvgIpc) is 2.82. The van der Waals surface area contributed by atoms with E-state index in [0.717, 1.165) is 24.5 Å². The van der Waals surface area contributed by atoms with E-state index in [9.17, 15) is 0 Å². The van der Waals surface area contributed by atoms with Crippen molar-refractivity contribution in [3.05, 3.63) is 30.6 Å². The molecule has 2 unspecified atom stereocenters. The maximum Gasteiger partial charge on any atom is 0.0958 e. The number of aromatic nitrogens is 2. The van der Waals surface area contributed by atoms with Crippen molar-refractivity contribution < 1.29 is 0 Å². The molecule has 3 nitrogen and oxygen atoms in total. The van der Waals surface area contributed by atoms with Gasteiger partial charge in [0, 0.05) is 12.6 Å². The van der Waals surface area contributed by atoms with Gasteiger partial charge in [0.1, 0.15) is 0 Å². The minimum atomic E-state index is 0.526. The van der Waals surface area contributed by atoms with E-state index in [0.29, 0.717) is 6.04 Å². The minimum absolute atomic E-state index is 0.526. The zero-order valence-corrected chi connectivity index (χ0v) is 12.3. The minimum Gasteiger partial charge on any atom is -0.329 e. The number of imidazole rings is 1. The van der Waals surface area contributed by atoms with Crippen LogP contribution in [0.15, 0.2) is 30.6 Å². The van der Waals surface area contributed by atoms with Gasteiger partial charge in [0.05, 0.1) is 17.4 Å². The first-order valence-electron chi connectivity index (χ1n) is 7.37. The molecule has 0 aliphatic heterocycles. The Bertz CT molecular complexity index is 503. The number of nitrogens with zero attached hydrogens (tertiary/aromatic N) is 2. The highest BCUT2D eigenvalue weighted by atomic mass is 15.1. The Morgan fingerprint density at radius 2 is 2.05 bits per heavy atom. The Balaban J connectivity index is 2.11. The van der Waals surface area contributed by atoms with Crippen LogP contribution in [0.25, 0.3) is 11.0 Å². The van der Waals surface area contributed by atoms with E-state index < -0.39 is 0 Å². The van der Waals surface area contributed by atoms with Crippen molar-refractivity contribution in [3.63, 3.8) is 0 Å². The molecule has 0 saturated carbocycles. The van der Waals surface area contributed by atoms with E-state index in [2.05, 4.69) is 53.8 Å². The smallest absolute Gasteiger partial charge is 0.0958 e. The topological polar surface area (TPSA) is 29.9 Å². The number of fused-ring (bicyclic) bond motifs is 1. The number of para-hydroxylation sites is 2. The predicted octanol–water partition coefficient (Wildman–Crippen LogP) is 3.45. The highest BCUT2D eigenvalue weighted by molar-refractivity contribution is 5.74. The number of rotatable bonds is 7. The van der Waals surface area contributed by atoms with Crippen LogP contribution in [0.3, 0.4) is 0 Å². The maximum absolute atomic E-state index is 4.47. The number of hydrogen-bond donors (Lipinski definition) is 1. The summed E-state index contributed by atoms with van der Waals surface area (Å²) in [6, 6.07) is 8.87. The second-order valence-electron chi connectivity index (χ2n) is 5.39. The molecule has 0 aliphatic carbocycles. The largest absolute Gasteiger partial charge is 0.329 e. The molecule has 0 amide bonds. The van der Waals surface area contributed by atoms with Crippen LogP contribution in [0.1, 0.15) is 33.6 Å². The SMILES string of the molecule is CCNC(CC(C)CC)Cn1cnc2ccccc21. The highest BCUT2D eigenvalue weighted by Crippen LogP contribution is 2.15. The predicted molar refractivity (Wildman–Crippen MR) is 81.3 cm³/mol. The molecule has 2 atom stereocenters. The van der Waals surface area contributed by atoms with E-state index in [1.807, 2.05) is 12.4 Å². The van der Waals surface area contributed by atoms with Crippen molar-refractivity contribution >= 4 is 11.0 Å². The lowest BCUT2D eigenvalue weighted by Crippen LogP contribution is -2.34. The van der Waals surface area contributed by atoms with Crippen molar-refractivity contribution in [2.75, 3.05) is 6.54 Å². The first-order chi connectivity index (χ1) is 9.24. The molecule has 0 radical (unpaired) electrons. The summed E-state index contributed by atoms with van der Waals surface area (Å²) in [4.78, 5) is 4.47. The summed E-state index contributed by atoms with van der Waals surface area (Å²) in [6.45, 7) is 8.79. The monoisotopic (exact) mass is 259 g/mol. The first kappa shape index (κ1) is 14.1. The highest BCUT2D eigenvalue weighted by Gasteiger charge is 2.13. The second kappa shape index (κ2) is 6.71. The van der Waals surface area contributed by atoms with Crippen molar-refractivity contribution in [1.82, 2.24) is 14.9 Å². The second-order valence-corrected chi connectivity index (χ2v) is 5.39. The van der Waals surface area contributed by atoms with Gasteiger partial charge in [0.25, 0.3) is 0 Å². The van der Waals surface area contributed by atoms with Gasteiger partial charge in [-0.1, -0.05) is 39.3 Å². The molecule has 0 spiro atoms. The van der Waals surface area contributed by atoms with Gasteiger partial charge in [0.15, 0.2) is 0 Å². The summed E-state index contributed by atoms with van der Waals surface area (Å²) in [7, 11) is 0. The number of hydrogen-bond acceptors (Lipinski definition) is 2. The molecule has 0 saturated heterocycles. The summed E-state index contributed by atoms with van der Waals surface area (Å²) in [5, 5.41) is 3.60. The molecule has 1 aromatic heterocycles. The Hall–Kier alpha value is -1.35. The third-order valence-corrected chi connectivity index (χ3v) is 3.82. The van der Waals surface area contributed by atoms with Gasteiger partial charge in [-0.2, -0.15) is 0 Å². The molecule has 0 aliphatic rings. The standard InChI is InChI=1S/C16H25N3/c1-4-13(3)10-14(17-5-2)11-19-12-18-15-8-6-7-9-16(15)19/h6-9,12-14,17H,4-5,10-11H2,1-3H3. The van der Waals surface area contributed by atoms with Crippen molar-refractivity contribution in [2.45, 2.75) is 46.2 Å². The fourth-order valence-electron chi connectivity index (χ4n) is 2.56.